The quantitative estimate of drug-likeness (QED) is 0.904. The van der Waals surface area contributed by atoms with Crippen LogP contribution in [-0.2, 0) is 0 Å². The first-order chi connectivity index (χ1) is 6.56. The first kappa shape index (κ1) is 11.9. The predicted octanol–water partition coefficient (Wildman–Crippen LogP) is 3.41. The van der Waals surface area contributed by atoms with Gasteiger partial charge in [-0.15, -0.1) is 0 Å². The summed E-state index contributed by atoms with van der Waals surface area (Å²) in [5, 5.41) is 0.315. The SMILES string of the molecule is NCC(c1ccc(Br)cc1Cl)C(F)F. The van der Waals surface area contributed by atoms with Crippen LogP contribution in [0.2, 0.25) is 5.02 Å². The lowest BCUT2D eigenvalue weighted by Crippen LogP contribution is -2.19. The Morgan fingerprint density at radius 3 is 2.50 bits per heavy atom. The molecular formula is C9H9BrClF2N. The van der Waals surface area contributed by atoms with E-state index in [1.807, 2.05) is 0 Å². The fourth-order valence-corrected chi connectivity index (χ4v) is 1.98. The maximum Gasteiger partial charge on any atom is 0.246 e. The van der Waals surface area contributed by atoms with E-state index in [1.165, 1.54) is 0 Å². The molecule has 0 aromatic heterocycles. The van der Waals surface area contributed by atoms with Gasteiger partial charge in [0, 0.05) is 16.0 Å². The molecule has 0 spiro atoms. The Balaban J connectivity index is 3.04. The number of rotatable bonds is 3. The zero-order chi connectivity index (χ0) is 10.7. The molecule has 14 heavy (non-hydrogen) atoms. The van der Waals surface area contributed by atoms with Crippen molar-refractivity contribution in [2.24, 2.45) is 5.73 Å². The van der Waals surface area contributed by atoms with Crippen LogP contribution < -0.4 is 5.73 Å². The molecule has 0 saturated carbocycles. The summed E-state index contributed by atoms with van der Waals surface area (Å²) in [5.41, 5.74) is 5.66. The molecule has 0 bridgehead atoms. The van der Waals surface area contributed by atoms with Crippen molar-refractivity contribution in [1.82, 2.24) is 0 Å². The van der Waals surface area contributed by atoms with E-state index in [9.17, 15) is 8.78 Å². The standard InChI is InChI=1S/C9H9BrClF2N/c10-5-1-2-6(8(11)3-5)7(4-14)9(12)13/h1-3,7,9H,4,14H2. The Hall–Kier alpha value is -0.190. The highest BCUT2D eigenvalue weighted by molar-refractivity contribution is 9.10. The zero-order valence-electron chi connectivity index (χ0n) is 7.18. The van der Waals surface area contributed by atoms with Crippen LogP contribution in [0, 0.1) is 0 Å². The van der Waals surface area contributed by atoms with Gasteiger partial charge in [-0.05, 0) is 17.7 Å². The number of hydrogen-bond acceptors (Lipinski definition) is 1. The average molecular weight is 285 g/mol. The summed E-state index contributed by atoms with van der Waals surface area (Å²) < 4.78 is 25.8. The third-order valence-corrected chi connectivity index (χ3v) is 2.74. The highest BCUT2D eigenvalue weighted by atomic mass is 79.9. The lowest BCUT2D eigenvalue weighted by Gasteiger charge is -2.15. The van der Waals surface area contributed by atoms with E-state index in [0.29, 0.717) is 10.6 Å². The first-order valence-corrected chi connectivity index (χ1v) is 5.16. The van der Waals surface area contributed by atoms with Crippen LogP contribution in [-0.4, -0.2) is 13.0 Å². The highest BCUT2D eigenvalue weighted by Crippen LogP contribution is 2.30. The largest absolute Gasteiger partial charge is 0.330 e. The first-order valence-electron chi connectivity index (χ1n) is 3.99. The van der Waals surface area contributed by atoms with E-state index in [4.69, 9.17) is 17.3 Å². The minimum absolute atomic E-state index is 0.112. The van der Waals surface area contributed by atoms with Crippen molar-refractivity contribution in [2.75, 3.05) is 6.54 Å². The van der Waals surface area contributed by atoms with Crippen molar-refractivity contribution in [3.8, 4) is 0 Å². The molecule has 78 valence electrons. The molecule has 2 N–H and O–H groups in total. The molecule has 0 heterocycles. The molecule has 1 rings (SSSR count). The molecule has 1 aromatic rings. The number of nitrogens with two attached hydrogens (primary N) is 1. The molecule has 1 aromatic carbocycles. The molecule has 0 aliphatic carbocycles. The lowest BCUT2D eigenvalue weighted by atomic mass is 10.00. The Morgan fingerprint density at radius 2 is 2.07 bits per heavy atom. The third kappa shape index (κ3) is 2.65. The Kier molecular flexibility index (Phi) is 4.29. The maximum atomic E-state index is 12.5. The van der Waals surface area contributed by atoms with Crippen LogP contribution in [0.3, 0.4) is 0 Å². The van der Waals surface area contributed by atoms with Crippen molar-refractivity contribution >= 4 is 27.5 Å². The van der Waals surface area contributed by atoms with E-state index >= 15 is 0 Å². The molecule has 1 unspecified atom stereocenters. The van der Waals surface area contributed by atoms with Gasteiger partial charge < -0.3 is 5.73 Å². The highest BCUT2D eigenvalue weighted by Gasteiger charge is 2.22. The normalized spacial score (nSPS) is 13.3. The van der Waals surface area contributed by atoms with E-state index in [2.05, 4.69) is 15.9 Å². The number of halogens is 4. The van der Waals surface area contributed by atoms with Gasteiger partial charge >= 0.3 is 0 Å². The molecule has 0 aliphatic heterocycles. The molecular weight excluding hydrogens is 275 g/mol. The van der Waals surface area contributed by atoms with Crippen LogP contribution in [0.5, 0.6) is 0 Å². The van der Waals surface area contributed by atoms with Gasteiger partial charge in [0.1, 0.15) is 0 Å². The van der Waals surface area contributed by atoms with Crippen molar-refractivity contribution in [3.05, 3.63) is 33.3 Å². The van der Waals surface area contributed by atoms with Gasteiger partial charge in [0.05, 0.1) is 5.92 Å². The molecule has 1 nitrogen and oxygen atoms in total. The molecule has 5 heteroatoms. The number of alkyl halides is 2. The summed E-state index contributed by atoms with van der Waals surface area (Å²) in [4.78, 5) is 0. The summed E-state index contributed by atoms with van der Waals surface area (Å²) in [6, 6.07) is 4.82. The minimum atomic E-state index is -2.49. The van der Waals surface area contributed by atoms with E-state index < -0.39 is 12.3 Å². The Morgan fingerprint density at radius 1 is 1.43 bits per heavy atom. The smallest absolute Gasteiger partial charge is 0.246 e. The van der Waals surface area contributed by atoms with Crippen LogP contribution >= 0.6 is 27.5 Å². The summed E-state index contributed by atoms with van der Waals surface area (Å²) >= 11 is 9.03. The maximum absolute atomic E-state index is 12.5. The van der Waals surface area contributed by atoms with Crippen molar-refractivity contribution in [3.63, 3.8) is 0 Å². The minimum Gasteiger partial charge on any atom is -0.330 e. The van der Waals surface area contributed by atoms with Gasteiger partial charge in [-0.3, -0.25) is 0 Å². The second-order valence-corrected chi connectivity index (χ2v) is 4.17. The van der Waals surface area contributed by atoms with Crippen LogP contribution in [0.1, 0.15) is 11.5 Å². The van der Waals surface area contributed by atoms with E-state index in [1.54, 1.807) is 18.2 Å². The lowest BCUT2D eigenvalue weighted by molar-refractivity contribution is 0.117. The molecule has 0 fully saturated rings. The van der Waals surface area contributed by atoms with Gasteiger partial charge in [-0.2, -0.15) is 0 Å². The van der Waals surface area contributed by atoms with Gasteiger partial charge in [0.2, 0.25) is 6.43 Å². The summed E-state index contributed by atoms with van der Waals surface area (Å²) in [7, 11) is 0. The number of benzene rings is 1. The van der Waals surface area contributed by atoms with Gasteiger partial charge in [-0.1, -0.05) is 33.6 Å². The molecule has 0 amide bonds. The molecule has 1 atom stereocenters. The van der Waals surface area contributed by atoms with Crippen LogP contribution in [0.4, 0.5) is 8.78 Å². The summed E-state index contributed by atoms with van der Waals surface area (Å²) in [5.74, 6) is -0.990. The third-order valence-electron chi connectivity index (χ3n) is 1.92. The van der Waals surface area contributed by atoms with Crippen molar-refractivity contribution in [2.45, 2.75) is 12.3 Å². The Labute approximate surface area is 94.4 Å². The van der Waals surface area contributed by atoms with Crippen LogP contribution in [0.25, 0.3) is 0 Å². The average Bonchev–Trinajstić information content (AvgIpc) is 2.09. The number of hydrogen-bond donors (Lipinski definition) is 1. The fraction of sp³-hybridized carbons (Fsp3) is 0.333. The zero-order valence-corrected chi connectivity index (χ0v) is 9.52. The van der Waals surface area contributed by atoms with E-state index in [0.717, 1.165) is 4.47 Å². The van der Waals surface area contributed by atoms with E-state index in [-0.39, 0.29) is 6.54 Å². The van der Waals surface area contributed by atoms with Gasteiger partial charge in [0.15, 0.2) is 0 Å². The summed E-state index contributed by atoms with van der Waals surface area (Å²) in [6.45, 7) is -0.112. The second kappa shape index (κ2) is 5.05. The van der Waals surface area contributed by atoms with Gasteiger partial charge in [-0.25, -0.2) is 8.78 Å². The second-order valence-electron chi connectivity index (χ2n) is 2.84. The predicted molar refractivity (Wildman–Crippen MR) is 57.0 cm³/mol. The molecule has 0 saturated heterocycles. The van der Waals surface area contributed by atoms with Crippen LogP contribution in [0.15, 0.2) is 22.7 Å². The molecule has 0 aliphatic rings. The Bertz CT molecular complexity index is 320. The molecule has 0 radical (unpaired) electrons. The fourth-order valence-electron chi connectivity index (χ4n) is 1.17. The van der Waals surface area contributed by atoms with Crippen molar-refractivity contribution in [1.29, 1.82) is 0 Å². The monoisotopic (exact) mass is 283 g/mol. The topological polar surface area (TPSA) is 26.0 Å². The van der Waals surface area contributed by atoms with Gasteiger partial charge in [0.25, 0.3) is 0 Å². The summed E-state index contributed by atoms with van der Waals surface area (Å²) in [6.07, 6.45) is -2.49. The van der Waals surface area contributed by atoms with Crippen molar-refractivity contribution < 1.29 is 8.78 Å².